The lowest BCUT2D eigenvalue weighted by molar-refractivity contribution is 0.173. The molecule has 1 aliphatic heterocycles. The first-order valence-electron chi connectivity index (χ1n) is 6.73. The molecule has 0 aliphatic carbocycles. The van der Waals surface area contributed by atoms with Crippen molar-refractivity contribution in [2.24, 2.45) is 0 Å². The number of hydrogen-bond acceptors (Lipinski definition) is 4. The van der Waals surface area contributed by atoms with E-state index in [0.29, 0.717) is 11.5 Å². The fraction of sp³-hybridized carbons (Fsp3) is 0.118. The van der Waals surface area contributed by atoms with Gasteiger partial charge in [-0.1, -0.05) is 24.3 Å². The molecular weight excluding hydrogens is 266 g/mol. The predicted molar refractivity (Wildman–Crippen MR) is 78.4 cm³/mol. The summed E-state index contributed by atoms with van der Waals surface area (Å²) in [6.07, 6.45) is 1.03. The van der Waals surface area contributed by atoms with Gasteiger partial charge in [-0.25, -0.2) is 0 Å². The molecule has 1 aliphatic rings. The summed E-state index contributed by atoms with van der Waals surface area (Å²) in [5, 5.41) is 11.6. The summed E-state index contributed by atoms with van der Waals surface area (Å²) in [6.45, 7) is 0.231. The molecule has 21 heavy (non-hydrogen) atoms. The molecule has 104 valence electrons. The van der Waals surface area contributed by atoms with Crippen molar-refractivity contribution in [2.75, 3.05) is 6.79 Å². The molecule has 4 heteroatoms. The van der Waals surface area contributed by atoms with Gasteiger partial charge >= 0.3 is 0 Å². The molecular formula is C17H13NO3. The molecule has 0 radical (unpaired) electrons. The van der Waals surface area contributed by atoms with Crippen LogP contribution in [0.1, 0.15) is 17.2 Å². The summed E-state index contributed by atoms with van der Waals surface area (Å²) in [5.41, 5.74) is 2.45. The van der Waals surface area contributed by atoms with Crippen LogP contribution in [0.2, 0.25) is 0 Å². The van der Waals surface area contributed by atoms with Gasteiger partial charge in [-0.15, -0.1) is 0 Å². The fourth-order valence-corrected chi connectivity index (χ4v) is 2.53. The van der Waals surface area contributed by atoms with Crippen LogP contribution in [0, 0.1) is 0 Å². The lowest BCUT2D eigenvalue weighted by atomic mass is 10.00. The zero-order chi connectivity index (χ0) is 14.2. The number of aliphatic hydroxyl groups excluding tert-OH is 1. The zero-order valence-corrected chi connectivity index (χ0v) is 11.2. The van der Waals surface area contributed by atoms with E-state index >= 15 is 0 Å². The van der Waals surface area contributed by atoms with Gasteiger partial charge in [0.15, 0.2) is 11.5 Å². The highest BCUT2D eigenvalue weighted by Crippen LogP contribution is 2.35. The summed E-state index contributed by atoms with van der Waals surface area (Å²) < 4.78 is 10.6. The van der Waals surface area contributed by atoms with Gasteiger partial charge in [0.2, 0.25) is 6.79 Å². The van der Waals surface area contributed by atoms with Gasteiger partial charge in [0.1, 0.15) is 6.10 Å². The molecule has 1 unspecified atom stereocenters. The Kier molecular flexibility index (Phi) is 2.75. The lowest BCUT2D eigenvalue weighted by Crippen LogP contribution is -1.99. The van der Waals surface area contributed by atoms with E-state index in [9.17, 15) is 5.11 Å². The molecule has 1 N–H and O–H groups in total. The van der Waals surface area contributed by atoms with Gasteiger partial charge < -0.3 is 14.6 Å². The molecule has 0 saturated carbocycles. The van der Waals surface area contributed by atoms with Crippen molar-refractivity contribution < 1.29 is 14.6 Å². The number of aromatic nitrogens is 1. The van der Waals surface area contributed by atoms with Crippen LogP contribution < -0.4 is 9.47 Å². The van der Waals surface area contributed by atoms with Crippen LogP contribution in [0.25, 0.3) is 10.9 Å². The van der Waals surface area contributed by atoms with Gasteiger partial charge in [-0.2, -0.15) is 0 Å². The van der Waals surface area contributed by atoms with Crippen molar-refractivity contribution in [3.8, 4) is 11.5 Å². The number of rotatable bonds is 2. The molecule has 1 atom stereocenters. The van der Waals surface area contributed by atoms with Crippen LogP contribution in [0.3, 0.4) is 0 Å². The van der Waals surface area contributed by atoms with Crippen molar-refractivity contribution in [2.45, 2.75) is 6.10 Å². The zero-order valence-electron chi connectivity index (χ0n) is 11.2. The van der Waals surface area contributed by atoms with Gasteiger partial charge in [0.25, 0.3) is 0 Å². The van der Waals surface area contributed by atoms with E-state index in [2.05, 4.69) is 4.98 Å². The average Bonchev–Trinajstić information content (AvgIpc) is 3.01. The maximum Gasteiger partial charge on any atom is 0.231 e. The summed E-state index contributed by atoms with van der Waals surface area (Å²) in [6, 6.07) is 15.2. The van der Waals surface area contributed by atoms with Crippen molar-refractivity contribution in [1.29, 1.82) is 0 Å². The molecule has 0 saturated heterocycles. The highest BCUT2D eigenvalue weighted by Gasteiger charge is 2.17. The van der Waals surface area contributed by atoms with E-state index in [1.807, 2.05) is 48.5 Å². The van der Waals surface area contributed by atoms with Gasteiger partial charge in [0.05, 0.1) is 5.52 Å². The maximum absolute atomic E-state index is 10.6. The van der Waals surface area contributed by atoms with Crippen LogP contribution in [0.4, 0.5) is 0 Å². The normalized spacial score (nSPS) is 14.3. The van der Waals surface area contributed by atoms with Gasteiger partial charge in [-0.05, 0) is 35.4 Å². The summed E-state index contributed by atoms with van der Waals surface area (Å²) in [4.78, 5) is 4.32. The molecule has 4 nitrogen and oxygen atoms in total. The van der Waals surface area contributed by atoms with E-state index < -0.39 is 6.10 Å². The summed E-state index contributed by atoms with van der Waals surface area (Å²) in [5.74, 6) is 1.39. The Balaban J connectivity index is 1.73. The highest BCUT2D eigenvalue weighted by molar-refractivity contribution is 5.79. The van der Waals surface area contributed by atoms with Crippen molar-refractivity contribution in [1.82, 2.24) is 4.98 Å². The Bertz CT molecular complexity index is 816. The molecule has 2 aromatic carbocycles. The number of fused-ring (bicyclic) bond motifs is 2. The predicted octanol–water partition coefficient (Wildman–Crippen LogP) is 3.05. The average molecular weight is 279 g/mol. The second-order valence-electron chi connectivity index (χ2n) is 4.97. The Morgan fingerprint density at radius 3 is 2.71 bits per heavy atom. The van der Waals surface area contributed by atoms with E-state index in [1.54, 1.807) is 6.20 Å². The Morgan fingerprint density at radius 1 is 0.952 bits per heavy atom. The number of nitrogens with zero attached hydrogens (tertiary/aromatic N) is 1. The third kappa shape index (κ3) is 2.10. The topological polar surface area (TPSA) is 51.6 Å². The molecule has 1 aromatic heterocycles. The number of benzene rings is 2. The van der Waals surface area contributed by atoms with Crippen molar-refractivity contribution in [3.05, 3.63) is 65.9 Å². The minimum absolute atomic E-state index is 0.231. The monoisotopic (exact) mass is 279 g/mol. The molecule has 0 bridgehead atoms. The highest BCUT2D eigenvalue weighted by atomic mass is 16.7. The van der Waals surface area contributed by atoms with Crippen LogP contribution in [0.15, 0.2) is 54.7 Å². The number of pyridine rings is 1. The van der Waals surface area contributed by atoms with E-state index in [0.717, 1.165) is 22.0 Å². The second-order valence-corrected chi connectivity index (χ2v) is 4.97. The fourth-order valence-electron chi connectivity index (χ4n) is 2.53. The first kappa shape index (κ1) is 12.2. The van der Waals surface area contributed by atoms with Crippen LogP contribution in [-0.2, 0) is 0 Å². The lowest BCUT2D eigenvalue weighted by Gasteiger charge is -2.12. The summed E-state index contributed by atoms with van der Waals surface area (Å²) >= 11 is 0. The Labute approximate surface area is 121 Å². The Morgan fingerprint density at radius 2 is 1.76 bits per heavy atom. The first-order chi connectivity index (χ1) is 10.3. The molecule has 0 fully saturated rings. The summed E-state index contributed by atoms with van der Waals surface area (Å²) in [7, 11) is 0. The second kappa shape index (κ2) is 4.75. The van der Waals surface area contributed by atoms with Gasteiger partial charge in [0, 0.05) is 11.6 Å². The quantitative estimate of drug-likeness (QED) is 0.783. The van der Waals surface area contributed by atoms with Crippen LogP contribution >= 0.6 is 0 Å². The molecule has 2 heterocycles. The van der Waals surface area contributed by atoms with E-state index in [-0.39, 0.29) is 6.79 Å². The SMILES string of the molecule is OC(c1ccc2c(c1)OCO2)c1ccc2cccnc2c1. The van der Waals surface area contributed by atoms with Crippen LogP contribution in [0.5, 0.6) is 11.5 Å². The maximum atomic E-state index is 10.6. The number of hydrogen-bond donors (Lipinski definition) is 1. The molecule has 0 spiro atoms. The van der Waals surface area contributed by atoms with E-state index in [1.165, 1.54) is 0 Å². The number of aliphatic hydroxyl groups is 1. The van der Waals surface area contributed by atoms with Crippen LogP contribution in [-0.4, -0.2) is 16.9 Å². The smallest absolute Gasteiger partial charge is 0.231 e. The van der Waals surface area contributed by atoms with E-state index in [4.69, 9.17) is 9.47 Å². The standard InChI is InChI=1S/C17H13NO3/c19-17(13-5-6-15-16(9-13)21-10-20-15)12-4-3-11-2-1-7-18-14(11)8-12/h1-9,17,19H,10H2. The third-order valence-electron chi connectivity index (χ3n) is 3.66. The minimum Gasteiger partial charge on any atom is -0.454 e. The molecule has 4 rings (SSSR count). The Hall–Kier alpha value is -2.59. The minimum atomic E-state index is -0.717. The van der Waals surface area contributed by atoms with Gasteiger partial charge in [-0.3, -0.25) is 4.98 Å². The van der Waals surface area contributed by atoms with Crippen molar-refractivity contribution in [3.63, 3.8) is 0 Å². The molecule has 0 amide bonds. The third-order valence-corrected chi connectivity index (χ3v) is 3.66. The largest absolute Gasteiger partial charge is 0.454 e. The molecule has 3 aromatic rings. The number of ether oxygens (including phenoxy) is 2. The van der Waals surface area contributed by atoms with Crippen molar-refractivity contribution >= 4 is 10.9 Å². The first-order valence-corrected chi connectivity index (χ1v) is 6.73.